The number of nitrogens with zero attached hydrogens (tertiary/aromatic N) is 2. The molecule has 0 atom stereocenters. The van der Waals surface area contributed by atoms with Crippen molar-refractivity contribution in [3.05, 3.63) is 33.9 Å². The van der Waals surface area contributed by atoms with Crippen molar-refractivity contribution >= 4 is 11.4 Å². The standard InChI is InChI=1S/C12H10FN3O2/c13-11-5-12(6-11,7-11)15-9-3-8(4-14)1-2-10(9)16(17)18/h1-3,15H,5-7H2. The van der Waals surface area contributed by atoms with Gasteiger partial charge in [-0.3, -0.25) is 10.1 Å². The van der Waals surface area contributed by atoms with Gasteiger partial charge in [-0.2, -0.15) is 5.26 Å². The largest absolute Gasteiger partial charge is 0.374 e. The third-order valence-electron chi connectivity index (χ3n) is 3.69. The molecule has 92 valence electrons. The maximum atomic E-state index is 13.4. The summed E-state index contributed by atoms with van der Waals surface area (Å²) in [6, 6.07) is 6.09. The monoisotopic (exact) mass is 247 g/mol. The Morgan fingerprint density at radius 1 is 1.44 bits per heavy atom. The van der Waals surface area contributed by atoms with Crippen LogP contribution < -0.4 is 5.32 Å². The molecule has 1 aromatic carbocycles. The van der Waals surface area contributed by atoms with Gasteiger partial charge in [0.2, 0.25) is 0 Å². The summed E-state index contributed by atoms with van der Waals surface area (Å²) >= 11 is 0. The van der Waals surface area contributed by atoms with Crippen LogP contribution in [-0.2, 0) is 0 Å². The zero-order valence-corrected chi connectivity index (χ0v) is 9.44. The summed E-state index contributed by atoms with van der Waals surface area (Å²) in [4.78, 5) is 10.4. The van der Waals surface area contributed by atoms with Gasteiger partial charge in [0.25, 0.3) is 5.69 Å². The first-order valence-electron chi connectivity index (χ1n) is 5.61. The van der Waals surface area contributed by atoms with Crippen LogP contribution >= 0.6 is 0 Å². The molecule has 0 spiro atoms. The number of hydrogen-bond donors (Lipinski definition) is 1. The Labute approximate surface area is 102 Å². The molecule has 6 heteroatoms. The lowest BCUT2D eigenvalue weighted by atomic mass is 9.47. The van der Waals surface area contributed by atoms with E-state index in [0.717, 1.165) is 0 Å². The van der Waals surface area contributed by atoms with Gasteiger partial charge in [0, 0.05) is 30.9 Å². The van der Waals surface area contributed by atoms with Gasteiger partial charge in [-0.25, -0.2) is 4.39 Å². The van der Waals surface area contributed by atoms with Gasteiger partial charge in [-0.15, -0.1) is 0 Å². The zero-order chi connectivity index (χ0) is 13.0. The first-order valence-corrected chi connectivity index (χ1v) is 5.61. The number of nitrogens with one attached hydrogen (secondary N) is 1. The van der Waals surface area contributed by atoms with Crippen LogP contribution in [-0.4, -0.2) is 16.1 Å². The highest BCUT2D eigenvalue weighted by Gasteiger charge is 2.69. The highest BCUT2D eigenvalue weighted by Crippen LogP contribution is 2.64. The fourth-order valence-electron chi connectivity index (χ4n) is 2.95. The number of alkyl halides is 1. The summed E-state index contributed by atoms with van der Waals surface area (Å²) in [7, 11) is 0. The SMILES string of the molecule is N#Cc1ccc([N+](=O)[O-])c(NC23CC(F)(C2)C3)c1. The fraction of sp³-hybridized carbons (Fsp3) is 0.417. The Morgan fingerprint density at radius 3 is 2.61 bits per heavy atom. The Bertz CT molecular complexity index is 574. The summed E-state index contributed by atoms with van der Waals surface area (Å²) in [6.45, 7) is 0. The molecule has 0 radical (unpaired) electrons. The number of nitro benzene ring substituents is 1. The molecule has 0 aliphatic heterocycles. The Hall–Kier alpha value is -2.16. The van der Waals surface area contributed by atoms with Crippen LogP contribution in [0.25, 0.3) is 0 Å². The van der Waals surface area contributed by atoms with E-state index in [4.69, 9.17) is 5.26 Å². The van der Waals surface area contributed by atoms with E-state index in [0.29, 0.717) is 30.5 Å². The van der Waals surface area contributed by atoms with Crippen molar-refractivity contribution in [1.82, 2.24) is 0 Å². The number of nitriles is 1. The molecule has 3 fully saturated rings. The first-order chi connectivity index (χ1) is 8.45. The Morgan fingerprint density at radius 2 is 2.11 bits per heavy atom. The van der Waals surface area contributed by atoms with Crippen LogP contribution in [0, 0.1) is 21.4 Å². The van der Waals surface area contributed by atoms with Gasteiger partial charge in [-0.1, -0.05) is 0 Å². The van der Waals surface area contributed by atoms with Gasteiger partial charge in [-0.05, 0) is 12.1 Å². The van der Waals surface area contributed by atoms with Crippen molar-refractivity contribution in [2.24, 2.45) is 0 Å². The van der Waals surface area contributed by atoms with E-state index in [-0.39, 0.29) is 11.2 Å². The third kappa shape index (κ3) is 1.44. The molecule has 1 aromatic rings. The molecule has 18 heavy (non-hydrogen) atoms. The minimum atomic E-state index is -1.06. The molecule has 1 N–H and O–H groups in total. The quantitative estimate of drug-likeness (QED) is 0.657. The van der Waals surface area contributed by atoms with Gasteiger partial charge < -0.3 is 5.32 Å². The second-order valence-electron chi connectivity index (χ2n) is 5.19. The molecule has 0 aromatic heterocycles. The van der Waals surface area contributed by atoms with Gasteiger partial charge in [0.05, 0.1) is 16.6 Å². The molecule has 3 saturated carbocycles. The molecule has 5 nitrogen and oxygen atoms in total. The minimum Gasteiger partial charge on any atom is -0.374 e. The highest BCUT2D eigenvalue weighted by molar-refractivity contribution is 5.66. The van der Waals surface area contributed by atoms with Gasteiger partial charge in [0.1, 0.15) is 11.4 Å². The van der Waals surface area contributed by atoms with Crippen molar-refractivity contribution in [1.29, 1.82) is 5.26 Å². The smallest absolute Gasteiger partial charge is 0.292 e. The van der Waals surface area contributed by atoms with Crippen LogP contribution in [0.4, 0.5) is 15.8 Å². The Balaban J connectivity index is 1.90. The van der Waals surface area contributed by atoms with Crippen LogP contribution in [0.1, 0.15) is 24.8 Å². The predicted octanol–water partition coefficient (Wildman–Crippen LogP) is 2.52. The summed E-state index contributed by atoms with van der Waals surface area (Å²) in [5.74, 6) is 0. The molecule has 2 bridgehead atoms. The average molecular weight is 247 g/mol. The lowest BCUT2D eigenvalue weighted by Crippen LogP contribution is -2.73. The number of nitro groups is 1. The van der Waals surface area contributed by atoms with E-state index in [1.54, 1.807) is 0 Å². The third-order valence-corrected chi connectivity index (χ3v) is 3.69. The summed E-state index contributed by atoms with van der Waals surface area (Å²) in [5.41, 5.74) is -0.820. The number of benzene rings is 1. The Kier molecular flexibility index (Phi) is 1.94. The second kappa shape index (κ2) is 3.19. The van der Waals surface area contributed by atoms with Gasteiger partial charge in [0.15, 0.2) is 0 Å². The second-order valence-corrected chi connectivity index (χ2v) is 5.19. The predicted molar refractivity (Wildman–Crippen MR) is 61.9 cm³/mol. The topological polar surface area (TPSA) is 79.0 Å². The fourth-order valence-corrected chi connectivity index (χ4v) is 2.95. The van der Waals surface area contributed by atoms with E-state index in [1.165, 1.54) is 18.2 Å². The van der Waals surface area contributed by atoms with Crippen molar-refractivity contribution in [3.63, 3.8) is 0 Å². The van der Waals surface area contributed by atoms with Crippen molar-refractivity contribution in [2.45, 2.75) is 30.5 Å². The maximum Gasteiger partial charge on any atom is 0.292 e. The molecule has 0 heterocycles. The number of halogens is 1. The molecular formula is C12H10FN3O2. The van der Waals surface area contributed by atoms with Crippen molar-refractivity contribution in [2.75, 3.05) is 5.32 Å². The van der Waals surface area contributed by atoms with E-state index in [2.05, 4.69) is 5.32 Å². The summed E-state index contributed by atoms with van der Waals surface area (Å²) in [6.07, 6.45) is 1.19. The number of hydrogen-bond acceptors (Lipinski definition) is 4. The van der Waals surface area contributed by atoms with Crippen LogP contribution in [0.5, 0.6) is 0 Å². The normalized spacial score (nSPS) is 31.8. The lowest BCUT2D eigenvalue weighted by Gasteiger charge is -2.66. The molecule has 3 aliphatic rings. The van der Waals surface area contributed by atoms with Crippen molar-refractivity contribution < 1.29 is 9.31 Å². The maximum absolute atomic E-state index is 13.4. The van der Waals surface area contributed by atoms with Crippen LogP contribution in [0.3, 0.4) is 0 Å². The number of rotatable bonds is 3. The zero-order valence-electron chi connectivity index (χ0n) is 9.44. The van der Waals surface area contributed by atoms with E-state index in [9.17, 15) is 14.5 Å². The van der Waals surface area contributed by atoms with Crippen molar-refractivity contribution in [3.8, 4) is 6.07 Å². The molecule has 0 amide bonds. The number of anilines is 1. The van der Waals surface area contributed by atoms with Crippen LogP contribution in [0.15, 0.2) is 18.2 Å². The van der Waals surface area contributed by atoms with Crippen LogP contribution in [0.2, 0.25) is 0 Å². The van der Waals surface area contributed by atoms with E-state index < -0.39 is 10.6 Å². The first kappa shape index (κ1) is 11.0. The lowest BCUT2D eigenvalue weighted by molar-refractivity contribution is -0.384. The molecule has 0 unspecified atom stereocenters. The molecule has 4 rings (SSSR count). The minimum absolute atomic E-state index is 0.0772. The van der Waals surface area contributed by atoms with Gasteiger partial charge >= 0.3 is 0 Å². The molecular weight excluding hydrogens is 237 g/mol. The average Bonchev–Trinajstić information content (AvgIpc) is 2.25. The molecule has 3 aliphatic carbocycles. The summed E-state index contributed by atoms with van der Waals surface area (Å²) in [5, 5.41) is 22.7. The highest BCUT2D eigenvalue weighted by atomic mass is 19.1. The van der Waals surface area contributed by atoms with E-state index >= 15 is 0 Å². The van der Waals surface area contributed by atoms with E-state index in [1.807, 2.05) is 6.07 Å². The molecule has 0 saturated heterocycles. The summed E-state index contributed by atoms with van der Waals surface area (Å²) < 4.78 is 13.4.